The van der Waals surface area contributed by atoms with Gasteiger partial charge < -0.3 is 24.8 Å². The number of carbonyl (C=O) groups is 1. The molecule has 0 aliphatic carbocycles. The molecular formula is C30H33N3O4. The number of rotatable bonds is 6. The lowest BCUT2D eigenvalue weighted by molar-refractivity contribution is -0.128. The highest BCUT2D eigenvalue weighted by molar-refractivity contribution is 5.77. The van der Waals surface area contributed by atoms with Crippen molar-refractivity contribution in [3.8, 4) is 17.6 Å². The zero-order valence-electron chi connectivity index (χ0n) is 21.9. The van der Waals surface area contributed by atoms with E-state index in [2.05, 4.69) is 6.07 Å². The fourth-order valence-electron chi connectivity index (χ4n) is 4.68. The van der Waals surface area contributed by atoms with Crippen LogP contribution in [0.5, 0.6) is 11.5 Å². The van der Waals surface area contributed by atoms with E-state index in [9.17, 15) is 10.1 Å². The van der Waals surface area contributed by atoms with Crippen LogP contribution < -0.4 is 15.2 Å². The Balaban J connectivity index is 1.92. The molecule has 0 spiro atoms. The lowest BCUT2D eigenvalue weighted by Crippen LogP contribution is -2.40. The third kappa shape index (κ3) is 5.49. The van der Waals surface area contributed by atoms with E-state index in [1.165, 1.54) is 0 Å². The van der Waals surface area contributed by atoms with Gasteiger partial charge in [-0.15, -0.1) is 0 Å². The predicted octanol–water partition coefficient (Wildman–Crippen LogP) is 5.27. The second-order valence-corrected chi connectivity index (χ2v) is 9.73. The number of allylic oxidation sites excluding steroid dienone is 1. The largest absolute Gasteiger partial charge is 0.491 e. The molecule has 4 rings (SSSR count). The summed E-state index contributed by atoms with van der Waals surface area (Å²) in [6.45, 7) is 10.1. The van der Waals surface area contributed by atoms with Crippen LogP contribution in [0.25, 0.3) is 6.08 Å². The third-order valence-corrected chi connectivity index (χ3v) is 6.19. The van der Waals surface area contributed by atoms with Gasteiger partial charge in [-0.3, -0.25) is 4.79 Å². The molecular weight excluding hydrogens is 466 g/mol. The number of hydrogen-bond acceptors (Lipinski definition) is 6. The fraction of sp³-hybridized carbons (Fsp3) is 0.333. The van der Waals surface area contributed by atoms with Crippen LogP contribution in [-0.4, -0.2) is 36.1 Å². The maximum Gasteiger partial charge on any atom is 0.220 e. The molecule has 7 heteroatoms. The van der Waals surface area contributed by atoms with Gasteiger partial charge in [0.05, 0.1) is 18.1 Å². The molecule has 2 N–H and O–H groups in total. The van der Waals surface area contributed by atoms with Crippen LogP contribution in [0.1, 0.15) is 51.7 Å². The van der Waals surface area contributed by atoms with Gasteiger partial charge >= 0.3 is 0 Å². The lowest BCUT2D eigenvalue weighted by atomic mass is 9.79. The van der Waals surface area contributed by atoms with Crippen molar-refractivity contribution in [2.45, 2.75) is 52.7 Å². The van der Waals surface area contributed by atoms with Crippen molar-refractivity contribution < 1.29 is 19.0 Å². The summed E-state index contributed by atoms with van der Waals surface area (Å²) in [7, 11) is 0. The number of para-hydroxylation sites is 2. The molecule has 2 aliphatic rings. The van der Waals surface area contributed by atoms with E-state index >= 15 is 0 Å². The summed E-state index contributed by atoms with van der Waals surface area (Å²) in [5.74, 6) is 1.44. The molecule has 0 saturated heterocycles. The average molecular weight is 500 g/mol. The topological polar surface area (TPSA) is 97.8 Å². The molecule has 2 aliphatic heterocycles. The van der Waals surface area contributed by atoms with Gasteiger partial charge in [0.15, 0.2) is 0 Å². The first kappa shape index (κ1) is 25.9. The molecule has 37 heavy (non-hydrogen) atoms. The quantitative estimate of drug-likeness (QED) is 0.582. The number of nitriles is 1. The molecule has 0 fully saturated rings. The summed E-state index contributed by atoms with van der Waals surface area (Å²) in [6.07, 6.45) is 1.91. The second kappa shape index (κ2) is 10.8. The molecule has 2 heterocycles. The standard InChI is InChI=1S/C30H33N3O4/c1-18(2)35-26-12-8-6-10-21(26)14-22-16-33(20(5)34)17-25-28(24(15-31)30(32)37-29(22)25)23-11-7-9-13-27(23)36-19(3)4/h6-14,18-19,28H,16-17,32H2,1-5H3/b22-14+. The number of nitrogens with zero attached hydrogens (tertiary/aromatic N) is 2. The molecule has 0 saturated carbocycles. The molecule has 2 aromatic carbocycles. The van der Waals surface area contributed by atoms with Crippen LogP contribution in [0.2, 0.25) is 0 Å². The number of ether oxygens (including phenoxy) is 3. The monoisotopic (exact) mass is 499 g/mol. The van der Waals surface area contributed by atoms with Crippen LogP contribution in [0.3, 0.4) is 0 Å². The first-order valence-electron chi connectivity index (χ1n) is 12.5. The third-order valence-electron chi connectivity index (χ3n) is 6.19. The molecule has 0 radical (unpaired) electrons. The summed E-state index contributed by atoms with van der Waals surface area (Å²) in [6, 6.07) is 17.6. The Morgan fingerprint density at radius 2 is 1.68 bits per heavy atom. The van der Waals surface area contributed by atoms with Crippen molar-refractivity contribution >= 4 is 12.0 Å². The van der Waals surface area contributed by atoms with Crippen molar-refractivity contribution in [3.05, 3.63) is 88.0 Å². The van der Waals surface area contributed by atoms with Gasteiger partial charge in [-0.25, -0.2) is 0 Å². The van der Waals surface area contributed by atoms with E-state index in [0.29, 0.717) is 30.2 Å². The number of carbonyl (C=O) groups excluding carboxylic acids is 1. The van der Waals surface area contributed by atoms with Gasteiger partial charge in [0, 0.05) is 42.3 Å². The van der Waals surface area contributed by atoms with Crippen LogP contribution >= 0.6 is 0 Å². The molecule has 1 amide bonds. The van der Waals surface area contributed by atoms with Crippen LogP contribution in [-0.2, 0) is 9.53 Å². The molecule has 2 aromatic rings. The molecule has 1 unspecified atom stereocenters. The summed E-state index contributed by atoms with van der Waals surface area (Å²) in [5, 5.41) is 10.1. The average Bonchev–Trinajstić information content (AvgIpc) is 2.84. The summed E-state index contributed by atoms with van der Waals surface area (Å²) < 4.78 is 18.3. The van der Waals surface area contributed by atoms with Gasteiger partial charge in [-0.1, -0.05) is 36.4 Å². The van der Waals surface area contributed by atoms with Crippen LogP contribution in [0.15, 0.2) is 76.9 Å². The normalized spacial score (nSPS) is 18.6. The Morgan fingerprint density at radius 1 is 1.05 bits per heavy atom. The summed E-state index contributed by atoms with van der Waals surface area (Å²) >= 11 is 0. The highest BCUT2D eigenvalue weighted by Crippen LogP contribution is 2.46. The Bertz CT molecular complexity index is 1330. The number of nitrogens with two attached hydrogens (primary N) is 1. The van der Waals surface area contributed by atoms with E-state index < -0.39 is 5.92 Å². The first-order valence-corrected chi connectivity index (χ1v) is 12.5. The van der Waals surface area contributed by atoms with Gasteiger partial charge in [-0.05, 0) is 45.9 Å². The van der Waals surface area contributed by atoms with E-state index in [1.54, 1.807) is 11.8 Å². The van der Waals surface area contributed by atoms with E-state index in [-0.39, 0.29) is 24.0 Å². The minimum absolute atomic E-state index is 0.000986. The van der Waals surface area contributed by atoms with E-state index in [4.69, 9.17) is 19.9 Å². The smallest absolute Gasteiger partial charge is 0.220 e. The van der Waals surface area contributed by atoms with Crippen molar-refractivity contribution in [1.29, 1.82) is 5.26 Å². The maximum absolute atomic E-state index is 12.6. The SMILES string of the molecule is CC(=O)N1CC2=C(OC(N)=C(C#N)C2c2ccccc2OC(C)C)/C(=C/c2ccccc2OC(C)C)C1. The van der Waals surface area contributed by atoms with Crippen LogP contribution in [0.4, 0.5) is 0 Å². The Morgan fingerprint density at radius 3 is 2.32 bits per heavy atom. The van der Waals surface area contributed by atoms with Gasteiger partial charge in [0.2, 0.25) is 11.8 Å². The van der Waals surface area contributed by atoms with E-state index in [0.717, 1.165) is 28.0 Å². The second-order valence-electron chi connectivity index (χ2n) is 9.73. The first-order chi connectivity index (χ1) is 17.7. The van der Waals surface area contributed by atoms with Crippen molar-refractivity contribution in [3.63, 3.8) is 0 Å². The highest BCUT2D eigenvalue weighted by atomic mass is 16.5. The zero-order valence-corrected chi connectivity index (χ0v) is 21.9. The minimum atomic E-state index is -0.517. The molecule has 0 bridgehead atoms. The Kier molecular flexibility index (Phi) is 7.58. The minimum Gasteiger partial charge on any atom is -0.491 e. The molecule has 192 valence electrons. The van der Waals surface area contributed by atoms with Crippen LogP contribution in [0, 0.1) is 11.3 Å². The summed E-state index contributed by atoms with van der Waals surface area (Å²) in [4.78, 5) is 14.4. The highest BCUT2D eigenvalue weighted by Gasteiger charge is 2.39. The van der Waals surface area contributed by atoms with Gasteiger partial charge in [0.25, 0.3) is 0 Å². The Hall–Kier alpha value is -4.18. The fourth-order valence-corrected chi connectivity index (χ4v) is 4.68. The predicted molar refractivity (Wildman–Crippen MR) is 142 cm³/mol. The maximum atomic E-state index is 12.6. The van der Waals surface area contributed by atoms with Crippen molar-refractivity contribution in [1.82, 2.24) is 4.90 Å². The number of hydrogen-bond donors (Lipinski definition) is 1. The molecule has 7 nitrogen and oxygen atoms in total. The Labute approximate surface area is 218 Å². The summed E-state index contributed by atoms with van der Waals surface area (Å²) in [5.41, 5.74) is 9.89. The molecule has 1 atom stereocenters. The van der Waals surface area contributed by atoms with Crippen molar-refractivity contribution in [2.24, 2.45) is 5.73 Å². The van der Waals surface area contributed by atoms with E-state index in [1.807, 2.05) is 82.3 Å². The number of amides is 1. The van der Waals surface area contributed by atoms with Gasteiger partial charge in [-0.2, -0.15) is 5.26 Å². The zero-order chi connectivity index (χ0) is 26.7. The lowest BCUT2D eigenvalue weighted by Gasteiger charge is -2.38. The van der Waals surface area contributed by atoms with Crippen molar-refractivity contribution in [2.75, 3.05) is 13.1 Å². The molecule has 0 aromatic heterocycles. The number of benzene rings is 2. The van der Waals surface area contributed by atoms with Gasteiger partial charge in [0.1, 0.15) is 28.9 Å².